The maximum atomic E-state index is 4.65. The molecule has 0 saturated heterocycles. The predicted octanol–water partition coefficient (Wildman–Crippen LogP) is 11.0. The SMILES string of the molecule is CCCCCCCCP(Br)(CCCCC)(CCCCC)CCCCCCCC. The molecule has 0 rings (SSSR count). The molecule has 0 radical (unpaired) electrons. The third kappa shape index (κ3) is 14.8. The van der Waals surface area contributed by atoms with Gasteiger partial charge in [-0.1, -0.05) is 0 Å². The van der Waals surface area contributed by atoms with Gasteiger partial charge in [0.15, 0.2) is 0 Å². The van der Waals surface area contributed by atoms with E-state index < -0.39 is 5.31 Å². The van der Waals surface area contributed by atoms with Crippen LogP contribution in [0.5, 0.6) is 0 Å². The molecule has 28 heavy (non-hydrogen) atoms. The molecule has 2 heteroatoms. The Morgan fingerprint density at radius 3 is 0.893 bits per heavy atom. The van der Waals surface area contributed by atoms with Gasteiger partial charge >= 0.3 is 189 Å². The van der Waals surface area contributed by atoms with Crippen LogP contribution in [-0.2, 0) is 0 Å². The van der Waals surface area contributed by atoms with Gasteiger partial charge in [-0.15, -0.1) is 0 Å². The summed E-state index contributed by atoms with van der Waals surface area (Å²) in [6, 6.07) is 0. The van der Waals surface area contributed by atoms with Crippen LogP contribution in [0.4, 0.5) is 0 Å². The number of rotatable bonds is 22. The van der Waals surface area contributed by atoms with Crippen molar-refractivity contribution in [1.82, 2.24) is 0 Å². The number of hydrogen-bond donors (Lipinski definition) is 0. The summed E-state index contributed by atoms with van der Waals surface area (Å²) in [5, 5.41) is -1.69. The van der Waals surface area contributed by atoms with Crippen molar-refractivity contribution in [1.29, 1.82) is 0 Å². The van der Waals surface area contributed by atoms with Gasteiger partial charge in [-0.2, -0.15) is 0 Å². The van der Waals surface area contributed by atoms with Gasteiger partial charge in [0.05, 0.1) is 0 Å². The number of halogens is 1. The van der Waals surface area contributed by atoms with E-state index in [2.05, 4.69) is 43.2 Å². The fraction of sp³-hybridized carbons (Fsp3) is 1.00. The summed E-state index contributed by atoms with van der Waals surface area (Å²) >= 11 is 4.65. The summed E-state index contributed by atoms with van der Waals surface area (Å²) in [7, 11) is 0. The van der Waals surface area contributed by atoms with E-state index in [1.807, 2.05) is 0 Å². The van der Waals surface area contributed by atoms with Crippen molar-refractivity contribution in [3.63, 3.8) is 0 Å². The molecular formula is C26H56BrP. The van der Waals surface area contributed by atoms with Gasteiger partial charge in [0.1, 0.15) is 0 Å². The molecule has 0 aliphatic heterocycles. The van der Waals surface area contributed by atoms with E-state index in [0.717, 1.165) is 0 Å². The average Bonchev–Trinajstić information content (AvgIpc) is 2.68. The molecular weight excluding hydrogens is 423 g/mol. The van der Waals surface area contributed by atoms with E-state index in [-0.39, 0.29) is 0 Å². The molecule has 0 N–H and O–H groups in total. The van der Waals surface area contributed by atoms with E-state index in [0.29, 0.717) is 0 Å². The Balaban J connectivity index is 4.82. The van der Waals surface area contributed by atoms with Crippen LogP contribution in [0.25, 0.3) is 0 Å². The predicted molar refractivity (Wildman–Crippen MR) is 141 cm³/mol. The Morgan fingerprint density at radius 1 is 0.357 bits per heavy atom. The third-order valence-electron chi connectivity index (χ3n) is 6.78. The molecule has 0 fully saturated rings. The van der Waals surface area contributed by atoms with Crippen molar-refractivity contribution in [2.75, 3.05) is 24.6 Å². The summed E-state index contributed by atoms with van der Waals surface area (Å²) in [4.78, 5) is 0. The normalized spacial score (nSPS) is 13.5. The standard InChI is InChI=1S/C26H56BrP/c1-5-9-13-15-17-21-25-28(27,23-19-11-7-3,24-20-12-8-4)26-22-18-16-14-10-6-2/h5-26H2,1-4H3. The molecule has 0 spiro atoms. The second-order valence-corrected chi connectivity index (χ2v) is 21.1. The quantitative estimate of drug-likeness (QED) is 0.107. The summed E-state index contributed by atoms with van der Waals surface area (Å²) in [6.07, 6.45) is 32.1. The van der Waals surface area contributed by atoms with Crippen LogP contribution < -0.4 is 0 Å². The summed E-state index contributed by atoms with van der Waals surface area (Å²) in [6.45, 7) is 9.38. The minimum absolute atomic E-state index is 1.36. The zero-order valence-corrected chi connectivity index (χ0v) is 22.9. The summed E-state index contributed by atoms with van der Waals surface area (Å²) < 4.78 is 0. The van der Waals surface area contributed by atoms with Gasteiger partial charge in [0.25, 0.3) is 0 Å². The summed E-state index contributed by atoms with van der Waals surface area (Å²) in [5.74, 6) is 0. The van der Waals surface area contributed by atoms with E-state index in [1.54, 1.807) is 12.3 Å². The van der Waals surface area contributed by atoms with Crippen molar-refractivity contribution < 1.29 is 0 Å². The maximum absolute atomic E-state index is 4.65. The van der Waals surface area contributed by atoms with Crippen molar-refractivity contribution in [3.8, 4) is 0 Å². The van der Waals surface area contributed by atoms with Crippen LogP contribution in [-0.4, -0.2) is 24.6 Å². The van der Waals surface area contributed by atoms with Gasteiger partial charge in [-0.05, 0) is 0 Å². The Hall–Kier alpha value is 0.910. The van der Waals surface area contributed by atoms with Crippen LogP contribution in [0.3, 0.4) is 0 Å². The van der Waals surface area contributed by atoms with Crippen LogP contribution in [0.15, 0.2) is 0 Å². The molecule has 172 valence electrons. The Labute approximate surface area is 188 Å². The van der Waals surface area contributed by atoms with Crippen LogP contribution in [0.2, 0.25) is 0 Å². The van der Waals surface area contributed by atoms with Crippen molar-refractivity contribution in [3.05, 3.63) is 0 Å². The third-order valence-corrected chi connectivity index (χ3v) is 16.8. The van der Waals surface area contributed by atoms with Crippen molar-refractivity contribution in [2.24, 2.45) is 0 Å². The molecule has 0 heterocycles. The molecule has 0 nitrogen and oxygen atoms in total. The summed E-state index contributed by atoms with van der Waals surface area (Å²) in [5.41, 5.74) is 0. The Kier molecular flexibility index (Phi) is 19.3. The second kappa shape index (κ2) is 18.7. The Bertz CT molecular complexity index is 298. The molecule has 0 aromatic heterocycles. The van der Waals surface area contributed by atoms with Crippen molar-refractivity contribution in [2.45, 2.75) is 143 Å². The molecule has 0 amide bonds. The van der Waals surface area contributed by atoms with E-state index in [1.165, 1.54) is 128 Å². The molecule has 0 aliphatic rings. The Morgan fingerprint density at radius 2 is 0.571 bits per heavy atom. The minimum atomic E-state index is -1.69. The van der Waals surface area contributed by atoms with Crippen LogP contribution in [0, 0.1) is 0 Å². The number of hydrogen-bond acceptors (Lipinski definition) is 0. The molecule has 0 atom stereocenters. The first-order chi connectivity index (χ1) is 13.5. The molecule has 0 bridgehead atoms. The first-order valence-corrected chi connectivity index (χ1v) is 18.3. The zero-order valence-electron chi connectivity index (χ0n) is 20.4. The fourth-order valence-corrected chi connectivity index (χ4v) is 13.2. The zero-order chi connectivity index (χ0) is 21.0. The molecule has 0 aliphatic carbocycles. The van der Waals surface area contributed by atoms with Crippen LogP contribution >= 0.6 is 20.8 Å². The van der Waals surface area contributed by atoms with E-state index in [4.69, 9.17) is 0 Å². The van der Waals surface area contributed by atoms with Gasteiger partial charge in [-0.3, -0.25) is 0 Å². The number of unbranched alkanes of at least 4 members (excludes halogenated alkanes) is 14. The van der Waals surface area contributed by atoms with Gasteiger partial charge in [-0.25, -0.2) is 0 Å². The van der Waals surface area contributed by atoms with Gasteiger partial charge in [0, 0.05) is 0 Å². The first-order valence-electron chi connectivity index (χ1n) is 13.3. The average molecular weight is 480 g/mol. The second-order valence-electron chi connectivity index (χ2n) is 9.66. The van der Waals surface area contributed by atoms with Gasteiger partial charge < -0.3 is 0 Å². The van der Waals surface area contributed by atoms with E-state index >= 15 is 0 Å². The molecule has 0 aromatic carbocycles. The molecule has 0 aromatic rings. The molecule has 0 unspecified atom stereocenters. The van der Waals surface area contributed by atoms with Gasteiger partial charge in [0.2, 0.25) is 0 Å². The monoisotopic (exact) mass is 478 g/mol. The first kappa shape index (κ1) is 28.9. The topological polar surface area (TPSA) is 0 Å². The van der Waals surface area contributed by atoms with Crippen LogP contribution in [0.1, 0.15) is 143 Å². The molecule has 0 saturated carbocycles. The fourth-order valence-electron chi connectivity index (χ4n) is 4.76. The van der Waals surface area contributed by atoms with Crippen molar-refractivity contribution >= 4 is 20.8 Å². The van der Waals surface area contributed by atoms with E-state index in [9.17, 15) is 0 Å².